The van der Waals surface area contributed by atoms with Gasteiger partial charge in [-0.05, 0) is 35.9 Å². The zero-order valence-electron chi connectivity index (χ0n) is 16.4. The molecule has 8 heteroatoms. The highest BCUT2D eigenvalue weighted by molar-refractivity contribution is 6.31. The number of fused-ring (bicyclic) bond motifs is 1. The number of amides is 2. The smallest absolute Gasteiger partial charge is 0.251 e. The van der Waals surface area contributed by atoms with Crippen LogP contribution in [0.3, 0.4) is 0 Å². The number of hydrogen-bond donors (Lipinski definition) is 0. The summed E-state index contributed by atoms with van der Waals surface area (Å²) in [6.07, 6.45) is 0.216. The highest BCUT2D eigenvalue weighted by Crippen LogP contribution is 2.33. The minimum atomic E-state index is -0.399. The second-order valence-electron chi connectivity index (χ2n) is 7.77. The monoisotopic (exact) mass is 427 g/mol. The molecule has 156 valence electrons. The van der Waals surface area contributed by atoms with Crippen molar-refractivity contribution in [2.45, 2.75) is 19.0 Å². The zero-order valence-corrected chi connectivity index (χ0v) is 17.2. The van der Waals surface area contributed by atoms with Crippen LogP contribution in [0.15, 0.2) is 42.5 Å². The number of ether oxygens (including phenoxy) is 2. The predicted molar refractivity (Wildman–Crippen MR) is 112 cm³/mol. The third-order valence-corrected chi connectivity index (χ3v) is 6.12. The van der Waals surface area contributed by atoms with E-state index in [0.717, 1.165) is 44.2 Å². The van der Waals surface area contributed by atoms with E-state index in [4.69, 9.17) is 21.1 Å². The van der Waals surface area contributed by atoms with Crippen LogP contribution in [0.1, 0.15) is 12.0 Å². The van der Waals surface area contributed by atoms with Gasteiger partial charge >= 0.3 is 0 Å². The van der Waals surface area contributed by atoms with E-state index < -0.39 is 6.04 Å². The lowest BCUT2D eigenvalue weighted by molar-refractivity contribution is -0.123. The van der Waals surface area contributed by atoms with Gasteiger partial charge in [0.15, 0.2) is 11.5 Å². The largest absolute Gasteiger partial charge is 0.454 e. The van der Waals surface area contributed by atoms with Gasteiger partial charge in [0.1, 0.15) is 0 Å². The lowest BCUT2D eigenvalue weighted by Crippen LogP contribution is -2.52. The van der Waals surface area contributed by atoms with E-state index in [2.05, 4.69) is 15.9 Å². The number of piperazine rings is 1. The molecule has 0 spiro atoms. The van der Waals surface area contributed by atoms with Crippen molar-refractivity contribution >= 4 is 29.1 Å². The van der Waals surface area contributed by atoms with Crippen molar-refractivity contribution in [1.29, 1.82) is 0 Å². The lowest BCUT2D eigenvalue weighted by atomic mass is 10.1. The molecule has 2 saturated heterocycles. The molecule has 2 amide bonds. The Morgan fingerprint density at radius 3 is 2.57 bits per heavy atom. The Morgan fingerprint density at radius 1 is 0.967 bits per heavy atom. The number of halogens is 1. The first-order valence-electron chi connectivity index (χ1n) is 10.1. The molecule has 30 heavy (non-hydrogen) atoms. The van der Waals surface area contributed by atoms with Crippen LogP contribution in [0.25, 0.3) is 0 Å². The summed E-state index contributed by atoms with van der Waals surface area (Å²) in [5, 5.41) is 0.508. The van der Waals surface area contributed by atoms with E-state index >= 15 is 0 Å². The summed E-state index contributed by atoms with van der Waals surface area (Å²) in [6.45, 7) is 4.26. The Hall–Kier alpha value is -2.61. The highest BCUT2D eigenvalue weighted by Gasteiger charge is 2.43. The van der Waals surface area contributed by atoms with Crippen molar-refractivity contribution in [3.63, 3.8) is 0 Å². The van der Waals surface area contributed by atoms with Crippen molar-refractivity contribution in [1.82, 2.24) is 9.80 Å². The van der Waals surface area contributed by atoms with Crippen LogP contribution in [-0.4, -0.2) is 60.6 Å². The van der Waals surface area contributed by atoms with E-state index in [1.807, 2.05) is 12.1 Å². The molecule has 2 aromatic carbocycles. The normalized spacial score (nSPS) is 22.2. The molecule has 5 rings (SSSR count). The number of carbonyl (C=O) groups is 2. The minimum absolute atomic E-state index is 0.161. The molecule has 2 fully saturated rings. The van der Waals surface area contributed by atoms with Crippen molar-refractivity contribution in [3.05, 3.63) is 53.1 Å². The van der Waals surface area contributed by atoms with Gasteiger partial charge in [0.2, 0.25) is 12.7 Å². The Labute approximate surface area is 179 Å². The summed E-state index contributed by atoms with van der Waals surface area (Å²) in [4.78, 5) is 31.3. The fourth-order valence-corrected chi connectivity index (χ4v) is 4.50. The summed E-state index contributed by atoms with van der Waals surface area (Å²) in [5.41, 5.74) is 1.72. The predicted octanol–water partition coefficient (Wildman–Crippen LogP) is 2.52. The molecule has 0 radical (unpaired) electrons. The van der Waals surface area contributed by atoms with Gasteiger partial charge in [0, 0.05) is 37.7 Å². The molecule has 3 aliphatic heterocycles. The zero-order chi connectivity index (χ0) is 20.7. The molecule has 2 aromatic rings. The van der Waals surface area contributed by atoms with Crippen molar-refractivity contribution in [3.8, 4) is 11.5 Å². The SMILES string of the molecule is O=C1C[C@H](N2CCN(Cc3ccc4c(c3)OCO4)CC2)C(=O)N1c1cccc(Cl)c1. The summed E-state index contributed by atoms with van der Waals surface area (Å²) in [6, 6.07) is 12.5. The maximum absolute atomic E-state index is 13.0. The van der Waals surface area contributed by atoms with Gasteiger partial charge in [-0.25, -0.2) is 4.90 Å². The summed E-state index contributed by atoms with van der Waals surface area (Å²) in [5.74, 6) is 1.25. The van der Waals surface area contributed by atoms with Crippen LogP contribution in [0, 0.1) is 0 Å². The van der Waals surface area contributed by atoms with Gasteiger partial charge in [-0.15, -0.1) is 0 Å². The van der Waals surface area contributed by atoms with Gasteiger partial charge < -0.3 is 9.47 Å². The second-order valence-corrected chi connectivity index (χ2v) is 8.20. The van der Waals surface area contributed by atoms with Crippen LogP contribution in [0.4, 0.5) is 5.69 Å². The number of nitrogens with zero attached hydrogens (tertiary/aromatic N) is 3. The number of hydrogen-bond acceptors (Lipinski definition) is 6. The van der Waals surface area contributed by atoms with Gasteiger partial charge in [-0.3, -0.25) is 19.4 Å². The number of benzene rings is 2. The van der Waals surface area contributed by atoms with Gasteiger partial charge in [0.05, 0.1) is 18.2 Å². The average Bonchev–Trinajstić information content (AvgIpc) is 3.32. The molecule has 7 nitrogen and oxygen atoms in total. The molecule has 3 aliphatic rings. The molecule has 1 atom stereocenters. The number of anilines is 1. The number of imide groups is 1. The summed E-state index contributed by atoms with van der Waals surface area (Å²) in [7, 11) is 0. The molecule has 3 heterocycles. The average molecular weight is 428 g/mol. The quantitative estimate of drug-likeness (QED) is 0.699. The standard InChI is InChI=1S/C22H22ClN3O4/c23-16-2-1-3-17(11-16)26-21(27)12-18(22(26)28)25-8-6-24(7-9-25)13-15-4-5-19-20(10-15)30-14-29-19/h1-5,10-11,18H,6-9,12-14H2/t18-/m0/s1. The third-order valence-electron chi connectivity index (χ3n) is 5.88. The Bertz CT molecular complexity index is 990. The van der Waals surface area contributed by atoms with Crippen LogP contribution < -0.4 is 14.4 Å². The van der Waals surface area contributed by atoms with Crippen molar-refractivity contribution in [2.24, 2.45) is 0 Å². The molecular formula is C22H22ClN3O4. The van der Waals surface area contributed by atoms with Crippen LogP contribution >= 0.6 is 11.6 Å². The molecule has 0 N–H and O–H groups in total. The van der Waals surface area contributed by atoms with Crippen LogP contribution in [0.2, 0.25) is 5.02 Å². The Kier molecular flexibility index (Phi) is 5.10. The first kappa shape index (κ1) is 19.4. The van der Waals surface area contributed by atoms with E-state index in [1.54, 1.807) is 24.3 Å². The van der Waals surface area contributed by atoms with Gasteiger partial charge in [0.25, 0.3) is 5.91 Å². The summed E-state index contributed by atoms with van der Waals surface area (Å²) < 4.78 is 10.8. The second kappa shape index (κ2) is 7.91. The molecule has 0 saturated carbocycles. The van der Waals surface area contributed by atoms with E-state index in [1.165, 1.54) is 10.5 Å². The molecule has 0 unspecified atom stereocenters. The molecule has 0 aromatic heterocycles. The number of carbonyl (C=O) groups excluding carboxylic acids is 2. The van der Waals surface area contributed by atoms with Crippen LogP contribution in [-0.2, 0) is 16.1 Å². The first-order chi connectivity index (χ1) is 14.6. The maximum Gasteiger partial charge on any atom is 0.251 e. The minimum Gasteiger partial charge on any atom is -0.454 e. The topological polar surface area (TPSA) is 62.3 Å². The van der Waals surface area contributed by atoms with E-state index in [0.29, 0.717) is 10.7 Å². The van der Waals surface area contributed by atoms with Crippen molar-refractivity contribution < 1.29 is 19.1 Å². The fourth-order valence-electron chi connectivity index (χ4n) is 4.32. The molecule has 0 aliphatic carbocycles. The number of rotatable bonds is 4. The summed E-state index contributed by atoms with van der Waals surface area (Å²) >= 11 is 6.04. The third kappa shape index (κ3) is 3.64. The van der Waals surface area contributed by atoms with Crippen LogP contribution in [0.5, 0.6) is 11.5 Å². The van der Waals surface area contributed by atoms with E-state index in [9.17, 15) is 9.59 Å². The van der Waals surface area contributed by atoms with E-state index in [-0.39, 0.29) is 25.0 Å². The molecule has 0 bridgehead atoms. The Balaban J connectivity index is 1.20. The van der Waals surface area contributed by atoms with Gasteiger partial charge in [-0.2, -0.15) is 0 Å². The van der Waals surface area contributed by atoms with Crippen molar-refractivity contribution in [2.75, 3.05) is 37.9 Å². The molecular weight excluding hydrogens is 406 g/mol. The fraction of sp³-hybridized carbons (Fsp3) is 0.364. The highest BCUT2D eigenvalue weighted by atomic mass is 35.5. The van der Waals surface area contributed by atoms with Gasteiger partial charge in [-0.1, -0.05) is 23.7 Å². The lowest BCUT2D eigenvalue weighted by Gasteiger charge is -2.37. The maximum atomic E-state index is 13.0. The first-order valence-corrected chi connectivity index (χ1v) is 10.4. The Morgan fingerprint density at radius 2 is 1.77 bits per heavy atom.